The van der Waals surface area contributed by atoms with E-state index in [1.807, 2.05) is 13.0 Å². The zero-order valence-corrected chi connectivity index (χ0v) is 7.87. The minimum Gasteiger partial charge on any atom is -0.359 e. The van der Waals surface area contributed by atoms with Gasteiger partial charge >= 0.3 is 0 Å². The molecule has 0 aromatic carbocycles. The molecule has 1 aliphatic carbocycles. The molecule has 0 spiro atoms. The first kappa shape index (κ1) is 9.15. The summed E-state index contributed by atoms with van der Waals surface area (Å²) in [6, 6.07) is 0. The van der Waals surface area contributed by atoms with Gasteiger partial charge in [0, 0.05) is 12.0 Å². The van der Waals surface area contributed by atoms with Crippen LogP contribution in [-0.4, -0.2) is 24.4 Å². The third-order valence-corrected chi connectivity index (χ3v) is 2.54. The Labute approximate surface area is 81.6 Å². The van der Waals surface area contributed by atoms with Gasteiger partial charge in [0.1, 0.15) is 18.5 Å². The molecular weight excluding hydrogens is 182 g/mol. The molecule has 0 aromatic heterocycles. The third-order valence-electron chi connectivity index (χ3n) is 2.54. The predicted octanol–water partition coefficient (Wildman–Crippen LogP) is 0.304. The van der Waals surface area contributed by atoms with E-state index in [0.717, 1.165) is 6.29 Å². The van der Waals surface area contributed by atoms with Gasteiger partial charge in [-0.3, -0.25) is 9.59 Å². The van der Waals surface area contributed by atoms with Crippen molar-refractivity contribution in [3.63, 3.8) is 0 Å². The lowest BCUT2D eigenvalue weighted by molar-refractivity contribution is -0.136. The third kappa shape index (κ3) is 1.37. The van der Waals surface area contributed by atoms with E-state index < -0.39 is 5.60 Å². The topological polar surface area (TPSA) is 55.4 Å². The highest BCUT2D eigenvalue weighted by Gasteiger charge is 2.36. The molecule has 1 N–H and O–H groups in total. The standard InChI is InChI=1S/C10H11NO3/c1-10-3-2-7(5-12)4-8(10)11-9(13)6-14-10/h2,4-5H,3,6H2,1H3,(H,11,13). The second-order valence-corrected chi connectivity index (χ2v) is 3.65. The van der Waals surface area contributed by atoms with Gasteiger partial charge in [-0.25, -0.2) is 0 Å². The largest absolute Gasteiger partial charge is 0.359 e. The molecule has 1 aliphatic heterocycles. The Morgan fingerprint density at radius 3 is 3.14 bits per heavy atom. The first-order valence-electron chi connectivity index (χ1n) is 4.45. The van der Waals surface area contributed by atoms with Crippen LogP contribution in [0.4, 0.5) is 0 Å². The number of carbonyl (C=O) groups excluding carboxylic acids is 2. The number of amides is 1. The highest BCUT2D eigenvalue weighted by molar-refractivity contribution is 5.83. The van der Waals surface area contributed by atoms with E-state index in [0.29, 0.717) is 17.7 Å². The minimum atomic E-state index is -0.472. The zero-order chi connectivity index (χ0) is 10.2. The van der Waals surface area contributed by atoms with Crippen LogP contribution in [0.2, 0.25) is 0 Å². The van der Waals surface area contributed by atoms with Crippen molar-refractivity contribution in [3.8, 4) is 0 Å². The van der Waals surface area contributed by atoms with Crippen LogP contribution in [-0.2, 0) is 14.3 Å². The molecule has 1 atom stereocenters. The summed E-state index contributed by atoms with van der Waals surface area (Å²) in [5.41, 5.74) is 0.794. The lowest BCUT2D eigenvalue weighted by Crippen LogP contribution is -2.49. The van der Waals surface area contributed by atoms with Gasteiger partial charge in [0.2, 0.25) is 5.91 Å². The van der Waals surface area contributed by atoms with Gasteiger partial charge in [-0.1, -0.05) is 6.08 Å². The summed E-state index contributed by atoms with van der Waals surface area (Å²) in [4.78, 5) is 21.6. The van der Waals surface area contributed by atoms with Crippen LogP contribution < -0.4 is 5.32 Å². The van der Waals surface area contributed by atoms with Gasteiger partial charge in [-0.15, -0.1) is 0 Å². The van der Waals surface area contributed by atoms with Gasteiger partial charge in [0.15, 0.2) is 0 Å². The molecule has 74 valence electrons. The first-order chi connectivity index (χ1) is 6.64. The summed E-state index contributed by atoms with van der Waals surface area (Å²) in [6.45, 7) is 1.98. The van der Waals surface area contributed by atoms with E-state index in [1.54, 1.807) is 6.08 Å². The number of carbonyl (C=O) groups is 2. The Kier molecular flexibility index (Phi) is 2.00. The van der Waals surface area contributed by atoms with Crippen molar-refractivity contribution in [2.24, 2.45) is 0 Å². The van der Waals surface area contributed by atoms with E-state index in [2.05, 4.69) is 5.32 Å². The number of rotatable bonds is 1. The number of aldehydes is 1. The summed E-state index contributed by atoms with van der Waals surface area (Å²) in [5, 5.41) is 2.72. The van der Waals surface area contributed by atoms with Gasteiger partial charge < -0.3 is 10.1 Å². The first-order valence-corrected chi connectivity index (χ1v) is 4.45. The van der Waals surface area contributed by atoms with Gasteiger partial charge in [0.25, 0.3) is 0 Å². The molecule has 0 aromatic rings. The normalized spacial score (nSPS) is 31.1. The number of fused-ring (bicyclic) bond motifs is 1. The molecule has 2 rings (SSSR count). The molecule has 0 radical (unpaired) electrons. The van der Waals surface area contributed by atoms with Crippen molar-refractivity contribution in [2.75, 3.05) is 6.61 Å². The monoisotopic (exact) mass is 193 g/mol. The second-order valence-electron chi connectivity index (χ2n) is 3.65. The van der Waals surface area contributed by atoms with Crippen LogP contribution in [0.25, 0.3) is 0 Å². The van der Waals surface area contributed by atoms with E-state index >= 15 is 0 Å². The number of allylic oxidation sites excluding steroid dienone is 2. The molecule has 1 fully saturated rings. The molecule has 1 heterocycles. The Balaban J connectivity index is 2.32. The fraction of sp³-hybridized carbons (Fsp3) is 0.400. The van der Waals surface area contributed by atoms with Crippen molar-refractivity contribution in [3.05, 3.63) is 23.4 Å². The number of hydrogen-bond donors (Lipinski definition) is 1. The Hall–Kier alpha value is -1.42. The van der Waals surface area contributed by atoms with Crippen LogP contribution in [0.15, 0.2) is 23.4 Å². The highest BCUT2D eigenvalue weighted by Crippen LogP contribution is 2.31. The molecular formula is C10H11NO3. The van der Waals surface area contributed by atoms with Crippen molar-refractivity contribution >= 4 is 12.2 Å². The molecule has 1 amide bonds. The molecule has 1 unspecified atom stereocenters. The molecule has 2 aliphatic rings. The van der Waals surface area contributed by atoms with Crippen molar-refractivity contribution in [2.45, 2.75) is 18.9 Å². The van der Waals surface area contributed by atoms with Crippen molar-refractivity contribution in [1.29, 1.82) is 0 Å². The molecule has 0 saturated carbocycles. The summed E-state index contributed by atoms with van der Waals surface area (Å²) < 4.78 is 5.43. The molecule has 1 saturated heterocycles. The van der Waals surface area contributed by atoms with Crippen LogP contribution in [0, 0.1) is 0 Å². The zero-order valence-electron chi connectivity index (χ0n) is 7.87. The van der Waals surface area contributed by atoms with Crippen molar-refractivity contribution < 1.29 is 14.3 Å². The fourth-order valence-electron chi connectivity index (χ4n) is 1.60. The van der Waals surface area contributed by atoms with Gasteiger partial charge in [0.05, 0.1) is 5.70 Å². The summed E-state index contributed by atoms with van der Waals surface area (Å²) in [6.07, 6.45) is 4.86. The number of morpholine rings is 1. The van der Waals surface area contributed by atoms with Gasteiger partial charge in [-0.2, -0.15) is 0 Å². The summed E-state index contributed by atoms with van der Waals surface area (Å²) >= 11 is 0. The SMILES string of the molecule is CC12CC=C(C=O)C=C1NC(=O)CO2. The fourth-order valence-corrected chi connectivity index (χ4v) is 1.60. The average Bonchev–Trinajstić information content (AvgIpc) is 2.18. The number of nitrogens with one attached hydrogen (secondary N) is 1. The van der Waals surface area contributed by atoms with Crippen LogP contribution in [0.5, 0.6) is 0 Å². The maximum Gasteiger partial charge on any atom is 0.250 e. The maximum atomic E-state index is 11.1. The molecule has 14 heavy (non-hydrogen) atoms. The van der Waals surface area contributed by atoms with Crippen LogP contribution in [0.1, 0.15) is 13.3 Å². The predicted molar refractivity (Wildman–Crippen MR) is 49.3 cm³/mol. The van der Waals surface area contributed by atoms with Crippen LogP contribution in [0.3, 0.4) is 0 Å². The second kappa shape index (κ2) is 3.06. The lowest BCUT2D eigenvalue weighted by Gasteiger charge is -2.37. The van der Waals surface area contributed by atoms with E-state index in [4.69, 9.17) is 4.74 Å². The Bertz CT molecular complexity index is 356. The summed E-state index contributed by atoms with van der Waals surface area (Å²) in [5.74, 6) is -0.166. The molecule has 4 nitrogen and oxygen atoms in total. The van der Waals surface area contributed by atoms with E-state index in [-0.39, 0.29) is 12.5 Å². The van der Waals surface area contributed by atoms with Gasteiger partial charge in [-0.05, 0) is 13.0 Å². The maximum absolute atomic E-state index is 11.1. The molecule has 0 bridgehead atoms. The Morgan fingerprint density at radius 2 is 2.43 bits per heavy atom. The van der Waals surface area contributed by atoms with Crippen LogP contribution >= 0.6 is 0 Å². The minimum absolute atomic E-state index is 0.0815. The molecule has 4 heteroatoms. The van der Waals surface area contributed by atoms with Crippen molar-refractivity contribution in [1.82, 2.24) is 5.32 Å². The highest BCUT2D eigenvalue weighted by atomic mass is 16.5. The van der Waals surface area contributed by atoms with E-state index in [9.17, 15) is 9.59 Å². The quantitative estimate of drug-likeness (QED) is 0.609. The number of hydrogen-bond acceptors (Lipinski definition) is 3. The summed E-state index contributed by atoms with van der Waals surface area (Å²) in [7, 11) is 0. The smallest absolute Gasteiger partial charge is 0.250 e. The average molecular weight is 193 g/mol. The number of ether oxygens (including phenoxy) is 1. The lowest BCUT2D eigenvalue weighted by atomic mass is 9.89. The Morgan fingerprint density at radius 1 is 1.64 bits per heavy atom. The van der Waals surface area contributed by atoms with E-state index in [1.165, 1.54) is 0 Å².